The van der Waals surface area contributed by atoms with Crippen LogP contribution in [0.5, 0.6) is 0 Å². The van der Waals surface area contributed by atoms with Gasteiger partial charge in [-0.15, -0.1) is 22.5 Å². The first kappa shape index (κ1) is 25.6. The summed E-state index contributed by atoms with van der Waals surface area (Å²) in [4.78, 5) is 15.1. The van der Waals surface area contributed by atoms with Gasteiger partial charge in [-0.2, -0.15) is 5.10 Å². The second-order valence-corrected chi connectivity index (χ2v) is 11.6. The zero-order chi connectivity index (χ0) is 25.3. The van der Waals surface area contributed by atoms with Crippen molar-refractivity contribution >= 4 is 39.9 Å². The van der Waals surface area contributed by atoms with Gasteiger partial charge < -0.3 is 10.0 Å². The van der Waals surface area contributed by atoms with Crippen LogP contribution in [0.4, 0.5) is 11.4 Å². The second-order valence-electron chi connectivity index (χ2n) is 8.67. The third-order valence-corrected chi connectivity index (χ3v) is 9.31. The number of likely N-dealkylation sites (N-methyl/N-ethyl adjacent to an activating group) is 1. The smallest absolute Gasteiger partial charge is 0.354 e. The molecule has 1 atom stereocenters. The van der Waals surface area contributed by atoms with Crippen LogP contribution in [0.3, 0.4) is 0 Å². The molecule has 1 aliphatic heterocycles. The Balaban J connectivity index is 1.95. The van der Waals surface area contributed by atoms with Crippen molar-refractivity contribution in [3.8, 4) is 11.3 Å². The summed E-state index contributed by atoms with van der Waals surface area (Å²) in [5.41, 5.74) is 2.94. The van der Waals surface area contributed by atoms with Crippen LogP contribution < -0.4 is 4.90 Å². The molecule has 2 heterocycles. The quantitative estimate of drug-likeness (QED) is 0.320. The van der Waals surface area contributed by atoms with E-state index in [1.807, 2.05) is 42.7 Å². The third-order valence-electron chi connectivity index (χ3n) is 6.51. The highest BCUT2D eigenvalue weighted by Gasteiger charge is 2.38. The lowest BCUT2D eigenvalue weighted by molar-refractivity contribution is 0.0685. The summed E-state index contributed by atoms with van der Waals surface area (Å²) in [6, 6.07) is 15.2. The molecule has 0 saturated heterocycles. The van der Waals surface area contributed by atoms with Crippen molar-refractivity contribution in [1.82, 2.24) is 14.1 Å². The number of aryl methyl sites for hydroxylation is 1. The normalized spacial score (nSPS) is 18.7. The molecule has 3 aromatic rings. The van der Waals surface area contributed by atoms with E-state index in [2.05, 4.69) is 16.9 Å². The Morgan fingerprint density at radius 2 is 1.89 bits per heavy atom. The molecule has 0 spiro atoms. The second kappa shape index (κ2) is 10.2. The maximum atomic E-state index is 11.6. The molecule has 8 nitrogen and oxygen atoms in total. The minimum Gasteiger partial charge on any atom is -0.477 e. The van der Waals surface area contributed by atoms with E-state index in [4.69, 9.17) is 0 Å². The number of para-hydroxylation sites is 1. The summed E-state index contributed by atoms with van der Waals surface area (Å²) in [5, 5.41) is 13.9. The van der Waals surface area contributed by atoms with Gasteiger partial charge >= 0.3 is 5.97 Å². The van der Waals surface area contributed by atoms with E-state index in [1.165, 1.54) is 22.5 Å². The molecular formula is C25H32N4O4S2. The number of rotatable bonds is 7. The van der Waals surface area contributed by atoms with E-state index < -0.39 is 16.7 Å². The Morgan fingerprint density at radius 3 is 2.49 bits per heavy atom. The molecule has 1 aliphatic rings. The van der Waals surface area contributed by atoms with Gasteiger partial charge in [0.05, 0.1) is 16.3 Å². The maximum Gasteiger partial charge on any atom is 0.354 e. The van der Waals surface area contributed by atoms with E-state index in [0.29, 0.717) is 22.7 Å². The fourth-order valence-electron chi connectivity index (χ4n) is 4.50. The van der Waals surface area contributed by atoms with E-state index in [1.54, 1.807) is 24.5 Å². The number of nitrogens with zero attached hydrogens (tertiary/aromatic N) is 4. The Hall–Kier alpha value is -2.50. The summed E-state index contributed by atoms with van der Waals surface area (Å²) < 4.78 is 26.3. The Bertz CT molecular complexity index is 1220. The molecular weight excluding hydrogens is 484 g/mol. The molecule has 188 valence electrons. The van der Waals surface area contributed by atoms with E-state index in [-0.39, 0.29) is 11.7 Å². The highest BCUT2D eigenvalue weighted by molar-refractivity contribution is 8.22. The van der Waals surface area contributed by atoms with E-state index >= 15 is 0 Å². The van der Waals surface area contributed by atoms with Crippen molar-refractivity contribution < 1.29 is 19.0 Å². The number of carboxylic acids is 1. The molecule has 35 heavy (non-hydrogen) atoms. The number of fused-ring (bicyclic) bond motifs is 1. The van der Waals surface area contributed by atoms with Gasteiger partial charge in [0.2, 0.25) is 0 Å². The Morgan fingerprint density at radius 1 is 1.17 bits per heavy atom. The highest BCUT2D eigenvalue weighted by Crippen LogP contribution is 2.60. The van der Waals surface area contributed by atoms with Gasteiger partial charge in [-0.25, -0.2) is 9.10 Å². The molecule has 1 aromatic heterocycles. The minimum absolute atomic E-state index is 0.0660. The standard InChI is InChI=1S/C25H32N4O4S2/c1-5-6-10-18-16-29(17-11-8-7-9-12-17)21-15-23(34-4)19(13-24(21)35(32,33)28(18)3)20-14-22(25(30)31)27(2)26-20/h7-9,11-15,18,32-33H,5-6,10,16H2,1-4H3,(H,30,31). The van der Waals surface area contributed by atoms with Crippen molar-refractivity contribution in [2.75, 3.05) is 24.7 Å². The predicted octanol–water partition coefficient (Wildman–Crippen LogP) is 6.17. The number of carbonyl (C=O) groups is 1. The molecule has 0 radical (unpaired) electrons. The van der Waals surface area contributed by atoms with Crippen LogP contribution in [0.15, 0.2) is 58.3 Å². The van der Waals surface area contributed by atoms with Gasteiger partial charge in [0.15, 0.2) is 0 Å². The SMILES string of the molecule is CCCCC1CN(c2ccccc2)c2cc(SC)c(-c3cc(C(=O)O)n(C)n3)cc2S(O)(O)N1C. The zero-order valence-electron chi connectivity index (χ0n) is 20.4. The van der Waals surface area contributed by atoms with Gasteiger partial charge in [-0.05, 0) is 43.0 Å². The number of anilines is 2. The highest BCUT2D eigenvalue weighted by atomic mass is 32.3. The van der Waals surface area contributed by atoms with Crippen LogP contribution in [0.25, 0.3) is 11.3 Å². The fraction of sp³-hybridized carbons (Fsp3) is 0.360. The molecule has 0 amide bonds. The molecule has 2 aromatic carbocycles. The maximum absolute atomic E-state index is 11.6. The molecule has 0 fully saturated rings. The number of thioether (sulfide) groups is 1. The number of hydrogen-bond donors (Lipinski definition) is 3. The summed E-state index contributed by atoms with van der Waals surface area (Å²) >= 11 is 1.52. The number of benzene rings is 2. The first-order valence-electron chi connectivity index (χ1n) is 11.5. The van der Waals surface area contributed by atoms with E-state index in [0.717, 1.165) is 35.5 Å². The topological polar surface area (TPSA) is 102 Å². The summed E-state index contributed by atoms with van der Waals surface area (Å²) in [6.45, 7) is 2.75. The Kier molecular flexibility index (Phi) is 7.48. The van der Waals surface area contributed by atoms with Crippen LogP contribution in [-0.2, 0) is 7.05 Å². The number of aromatic nitrogens is 2. The summed E-state index contributed by atoms with van der Waals surface area (Å²) in [5.74, 6) is -1.07. The molecule has 0 saturated carbocycles. The van der Waals surface area contributed by atoms with Crippen LogP contribution in [0.2, 0.25) is 0 Å². The Labute approximate surface area is 212 Å². The van der Waals surface area contributed by atoms with Gasteiger partial charge in [0.1, 0.15) is 5.69 Å². The lowest BCUT2D eigenvalue weighted by Gasteiger charge is -2.43. The molecule has 10 heteroatoms. The van der Waals surface area contributed by atoms with Gasteiger partial charge in [-0.3, -0.25) is 13.8 Å². The zero-order valence-corrected chi connectivity index (χ0v) is 22.0. The lowest BCUT2D eigenvalue weighted by Crippen LogP contribution is -2.39. The van der Waals surface area contributed by atoms with Crippen LogP contribution in [0, 0.1) is 0 Å². The lowest BCUT2D eigenvalue weighted by atomic mass is 10.1. The fourth-order valence-corrected chi connectivity index (χ4v) is 6.74. The van der Waals surface area contributed by atoms with E-state index in [9.17, 15) is 19.0 Å². The first-order chi connectivity index (χ1) is 16.7. The third kappa shape index (κ3) is 4.81. The minimum atomic E-state index is -3.32. The molecule has 0 aliphatic carbocycles. The van der Waals surface area contributed by atoms with Crippen LogP contribution in [0.1, 0.15) is 36.7 Å². The largest absolute Gasteiger partial charge is 0.477 e. The van der Waals surface area contributed by atoms with Crippen molar-refractivity contribution in [1.29, 1.82) is 0 Å². The van der Waals surface area contributed by atoms with Gasteiger partial charge in [0, 0.05) is 42.8 Å². The predicted molar refractivity (Wildman–Crippen MR) is 143 cm³/mol. The number of aromatic carboxylic acids is 1. The summed E-state index contributed by atoms with van der Waals surface area (Å²) in [6.07, 6.45) is 4.79. The van der Waals surface area contributed by atoms with Crippen LogP contribution in [-0.4, -0.2) is 60.2 Å². The van der Waals surface area contributed by atoms with Crippen molar-refractivity contribution in [2.24, 2.45) is 7.05 Å². The number of carboxylic acid groups (broad SMARTS) is 1. The monoisotopic (exact) mass is 516 g/mol. The molecule has 1 unspecified atom stereocenters. The van der Waals surface area contributed by atoms with Crippen molar-refractivity contribution in [3.05, 3.63) is 54.2 Å². The number of hydrogen-bond acceptors (Lipinski definition) is 7. The molecule has 3 N–H and O–H groups in total. The average molecular weight is 517 g/mol. The van der Waals surface area contributed by atoms with Gasteiger partial charge in [0.25, 0.3) is 0 Å². The van der Waals surface area contributed by atoms with Crippen LogP contribution >= 0.6 is 22.5 Å². The molecule has 0 bridgehead atoms. The first-order valence-corrected chi connectivity index (χ1v) is 14.3. The average Bonchev–Trinajstić information content (AvgIpc) is 3.22. The molecule has 4 rings (SSSR count). The van der Waals surface area contributed by atoms with Gasteiger partial charge in [-0.1, -0.05) is 38.0 Å². The van der Waals surface area contributed by atoms with Crippen molar-refractivity contribution in [2.45, 2.75) is 42.0 Å². The summed E-state index contributed by atoms with van der Waals surface area (Å²) in [7, 11) is 0.0452. The van der Waals surface area contributed by atoms with Crippen molar-refractivity contribution in [3.63, 3.8) is 0 Å². The number of unbranched alkanes of at least 4 members (excludes halogenated alkanes) is 1.